The highest BCUT2D eigenvalue weighted by Gasteiger charge is 2.46. The predicted molar refractivity (Wildman–Crippen MR) is 62.4 cm³/mol. The highest BCUT2D eigenvalue weighted by atomic mass is 16.5. The third-order valence-electron chi connectivity index (χ3n) is 3.69. The molecule has 0 aromatic heterocycles. The lowest BCUT2D eigenvalue weighted by atomic mass is 10.0. The summed E-state index contributed by atoms with van der Waals surface area (Å²) in [5, 5.41) is 0. The van der Waals surface area contributed by atoms with Crippen LogP contribution in [0.5, 0.6) is 0 Å². The van der Waals surface area contributed by atoms with Crippen molar-refractivity contribution in [2.75, 3.05) is 26.8 Å². The topological polar surface area (TPSA) is 49.9 Å². The third kappa shape index (κ3) is 2.04. The van der Waals surface area contributed by atoms with E-state index in [2.05, 4.69) is 0 Å². The molecule has 2 aliphatic rings. The quantitative estimate of drug-likeness (QED) is 0.707. The summed E-state index contributed by atoms with van der Waals surface area (Å²) in [4.78, 5) is 28.0. The SMILES string of the molecule is CCC1C(=O)N2CCCC2C(=O)N1CCOC. The number of ether oxygens (including phenoxy) is 1. The first kappa shape index (κ1) is 12.4. The van der Waals surface area contributed by atoms with Gasteiger partial charge in [-0.25, -0.2) is 0 Å². The molecule has 0 spiro atoms. The van der Waals surface area contributed by atoms with Crippen LogP contribution in [0.15, 0.2) is 0 Å². The molecule has 2 rings (SSSR count). The number of carbonyl (C=O) groups is 2. The highest BCUT2D eigenvalue weighted by molar-refractivity contribution is 5.97. The second-order valence-electron chi connectivity index (χ2n) is 4.64. The molecule has 0 aliphatic carbocycles. The zero-order valence-electron chi connectivity index (χ0n) is 10.5. The minimum Gasteiger partial charge on any atom is -0.383 e. The average molecular weight is 240 g/mol. The predicted octanol–water partition coefficient (Wildman–Crippen LogP) is 0.245. The Morgan fingerprint density at radius 3 is 2.76 bits per heavy atom. The maximum absolute atomic E-state index is 12.3. The third-order valence-corrected chi connectivity index (χ3v) is 3.69. The average Bonchev–Trinajstić information content (AvgIpc) is 2.81. The highest BCUT2D eigenvalue weighted by Crippen LogP contribution is 2.27. The lowest BCUT2D eigenvalue weighted by Gasteiger charge is -2.42. The molecule has 2 amide bonds. The van der Waals surface area contributed by atoms with E-state index in [4.69, 9.17) is 4.74 Å². The van der Waals surface area contributed by atoms with Crippen LogP contribution < -0.4 is 0 Å². The van der Waals surface area contributed by atoms with Gasteiger partial charge in [0.25, 0.3) is 0 Å². The van der Waals surface area contributed by atoms with Gasteiger partial charge in [-0.05, 0) is 19.3 Å². The van der Waals surface area contributed by atoms with E-state index in [-0.39, 0.29) is 23.9 Å². The number of hydrogen-bond donors (Lipinski definition) is 0. The minimum atomic E-state index is -0.285. The number of methoxy groups -OCH3 is 1. The normalized spacial score (nSPS) is 28.8. The Balaban J connectivity index is 2.17. The van der Waals surface area contributed by atoms with E-state index in [1.54, 1.807) is 16.9 Å². The Hall–Kier alpha value is -1.10. The molecular formula is C12H20N2O3. The number of rotatable bonds is 4. The monoisotopic (exact) mass is 240 g/mol. The van der Waals surface area contributed by atoms with Crippen molar-refractivity contribution < 1.29 is 14.3 Å². The fourth-order valence-corrected chi connectivity index (χ4v) is 2.81. The zero-order chi connectivity index (χ0) is 12.4. The maximum Gasteiger partial charge on any atom is 0.246 e. The summed E-state index contributed by atoms with van der Waals surface area (Å²) in [5.41, 5.74) is 0. The Morgan fingerprint density at radius 2 is 2.12 bits per heavy atom. The van der Waals surface area contributed by atoms with Crippen LogP contribution in [0.2, 0.25) is 0 Å². The molecular weight excluding hydrogens is 220 g/mol. The van der Waals surface area contributed by atoms with Crippen molar-refractivity contribution in [1.82, 2.24) is 9.80 Å². The van der Waals surface area contributed by atoms with Gasteiger partial charge in [0.2, 0.25) is 11.8 Å². The first-order valence-electron chi connectivity index (χ1n) is 6.30. The molecule has 5 heteroatoms. The Kier molecular flexibility index (Phi) is 3.66. The van der Waals surface area contributed by atoms with Crippen molar-refractivity contribution in [3.63, 3.8) is 0 Å². The van der Waals surface area contributed by atoms with Gasteiger partial charge in [-0.1, -0.05) is 6.92 Å². The van der Waals surface area contributed by atoms with Gasteiger partial charge in [0.05, 0.1) is 6.61 Å². The molecule has 0 aromatic carbocycles. The standard InChI is InChI=1S/C12H20N2O3/c1-3-9-11(15)13-6-4-5-10(13)12(16)14(9)7-8-17-2/h9-10H,3-8H2,1-2H3. The van der Waals surface area contributed by atoms with Gasteiger partial charge in [0, 0.05) is 20.2 Å². The molecule has 2 atom stereocenters. The van der Waals surface area contributed by atoms with E-state index >= 15 is 0 Å². The zero-order valence-corrected chi connectivity index (χ0v) is 10.5. The van der Waals surface area contributed by atoms with Gasteiger partial charge in [0.15, 0.2) is 0 Å². The second-order valence-corrected chi connectivity index (χ2v) is 4.64. The maximum atomic E-state index is 12.3. The van der Waals surface area contributed by atoms with E-state index in [1.165, 1.54) is 0 Å². The van der Waals surface area contributed by atoms with Crippen molar-refractivity contribution in [1.29, 1.82) is 0 Å². The molecule has 0 N–H and O–H groups in total. The summed E-state index contributed by atoms with van der Waals surface area (Å²) in [6.07, 6.45) is 2.43. The van der Waals surface area contributed by atoms with Crippen LogP contribution in [0, 0.1) is 0 Å². The van der Waals surface area contributed by atoms with Crippen LogP contribution in [0.3, 0.4) is 0 Å². The van der Waals surface area contributed by atoms with E-state index in [1.807, 2.05) is 6.92 Å². The lowest BCUT2D eigenvalue weighted by molar-refractivity contribution is -0.160. The molecule has 2 unspecified atom stereocenters. The Bertz CT molecular complexity index is 319. The molecule has 17 heavy (non-hydrogen) atoms. The number of hydrogen-bond acceptors (Lipinski definition) is 3. The molecule has 0 aromatic rings. The van der Waals surface area contributed by atoms with Crippen LogP contribution in [0.1, 0.15) is 26.2 Å². The fraction of sp³-hybridized carbons (Fsp3) is 0.833. The molecule has 0 bridgehead atoms. The van der Waals surface area contributed by atoms with Crippen molar-refractivity contribution in [2.24, 2.45) is 0 Å². The fourth-order valence-electron chi connectivity index (χ4n) is 2.81. The van der Waals surface area contributed by atoms with E-state index in [0.717, 1.165) is 19.4 Å². The molecule has 0 saturated carbocycles. The summed E-state index contributed by atoms with van der Waals surface area (Å²) < 4.78 is 5.01. The van der Waals surface area contributed by atoms with Crippen molar-refractivity contribution in [2.45, 2.75) is 38.3 Å². The number of piperazine rings is 1. The summed E-state index contributed by atoms with van der Waals surface area (Å²) in [5.74, 6) is 0.219. The summed E-state index contributed by atoms with van der Waals surface area (Å²) in [6, 6.07) is -0.492. The van der Waals surface area contributed by atoms with E-state index in [9.17, 15) is 9.59 Å². The van der Waals surface area contributed by atoms with Gasteiger partial charge in [0.1, 0.15) is 12.1 Å². The summed E-state index contributed by atoms with van der Waals surface area (Å²) in [7, 11) is 1.61. The van der Waals surface area contributed by atoms with Crippen LogP contribution in [0.25, 0.3) is 0 Å². The van der Waals surface area contributed by atoms with Crippen molar-refractivity contribution in [3.05, 3.63) is 0 Å². The van der Waals surface area contributed by atoms with Crippen LogP contribution in [0.4, 0.5) is 0 Å². The first-order valence-corrected chi connectivity index (χ1v) is 6.30. The lowest BCUT2D eigenvalue weighted by Crippen LogP contribution is -2.63. The number of nitrogens with zero attached hydrogens (tertiary/aromatic N) is 2. The Morgan fingerprint density at radius 1 is 1.35 bits per heavy atom. The van der Waals surface area contributed by atoms with Crippen molar-refractivity contribution >= 4 is 11.8 Å². The molecule has 96 valence electrons. The van der Waals surface area contributed by atoms with Crippen LogP contribution in [-0.4, -0.2) is 60.5 Å². The molecule has 2 aliphatic heterocycles. The van der Waals surface area contributed by atoms with E-state index < -0.39 is 0 Å². The van der Waals surface area contributed by atoms with Crippen LogP contribution in [-0.2, 0) is 14.3 Å². The molecule has 5 nitrogen and oxygen atoms in total. The molecule has 0 radical (unpaired) electrons. The number of amides is 2. The smallest absolute Gasteiger partial charge is 0.246 e. The molecule has 2 fully saturated rings. The minimum absolute atomic E-state index is 0.103. The Labute approximate surface area is 102 Å². The van der Waals surface area contributed by atoms with Gasteiger partial charge >= 0.3 is 0 Å². The first-order chi connectivity index (χ1) is 8.20. The largest absolute Gasteiger partial charge is 0.383 e. The number of carbonyl (C=O) groups excluding carboxylic acids is 2. The van der Waals surface area contributed by atoms with Gasteiger partial charge in [-0.3, -0.25) is 9.59 Å². The number of fused-ring (bicyclic) bond motifs is 1. The van der Waals surface area contributed by atoms with Crippen LogP contribution >= 0.6 is 0 Å². The van der Waals surface area contributed by atoms with Gasteiger partial charge in [-0.15, -0.1) is 0 Å². The summed E-state index contributed by atoms with van der Waals surface area (Å²) in [6.45, 7) is 3.70. The second kappa shape index (κ2) is 5.04. The van der Waals surface area contributed by atoms with Gasteiger partial charge < -0.3 is 14.5 Å². The molecule has 2 heterocycles. The molecule has 2 saturated heterocycles. The summed E-state index contributed by atoms with van der Waals surface area (Å²) >= 11 is 0. The van der Waals surface area contributed by atoms with Gasteiger partial charge in [-0.2, -0.15) is 0 Å². The van der Waals surface area contributed by atoms with E-state index in [0.29, 0.717) is 19.6 Å². The van der Waals surface area contributed by atoms with Crippen molar-refractivity contribution in [3.8, 4) is 0 Å².